The summed E-state index contributed by atoms with van der Waals surface area (Å²) in [6.45, 7) is 5.62. The zero-order chi connectivity index (χ0) is 18.8. The highest BCUT2D eigenvalue weighted by molar-refractivity contribution is 5.95. The van der Waals surface area contributed by atoms with E-state index >= 15 is 0 Å². The smallest absolute Gasteiger partial charge is 0.272 e. The number of aryl methyl sites for hydroxylation is 1. The number of carbonyl (C=O) groups excluding carboxylic acids is 2. The second-order valence-corrected chi connectivity index (χ2v) is 7.95. The highest BCUT2D eigenvalue weighted by Gasteiger charge is 2.32. The number of amides is 2. The number of nitrogens with zero attached hydrogens (tertiary/aromatic N) is 4. The molecule has 2 aliphatic heterocycles. The molecule has 3 heterocycles. The van der Waals surface area contributed by atoms with Crippen LogP contribution in [0.2, 0.25) is 0 Å². The fraction of sp³-hybridized carbons (Fsp3) is 0.750. The molecule has 0 radical (unpaired) electrons. The van der Waals surface area contributed by atoms with Gasteiger partial charge >= 0.3 is 0 Å². The molecule has 0 spiro atoms. The highest BCUT2D eigenvalue weighted by Crippen LogP contribution is 2.39. The van der Waals surface area contributed by atoms with Gasteiger partial charge in [0.2, 0.25) is 5.91 Å². The Bertz CT molecular complexity index is 685. The van der Waals surface area contributed by atoms with Gasteiger partial charge in [-0.3, -0.25) is 14.3 Å². The second-order valence-electron chi connectivity index (χ2n) is 7.95. The largest absolute Gasteiger partial charge is 0.376 e. The lowest BCUT2D eigenvalue weighted by atomic mass is 10.2. The van der Waals surface area contributed by atoms with Gasteiger partial charge in [0, 0.05) is 38.7 Å². The van der Waals surface area contributed by atoms with E-state index in [0.717, 1.165) is 63.9 Å². The summed E-state index contributed by atoms with van der Waals surface area (Å²) in [6, 6.07) is 1.94. The first kappa shape index (κ1) is 18.5. The molecule has 7 nitrogen and oxygen atoms in total. The van der Waals surface area contributed by atoms with Crippen molar-refractivity contribution in [3.05, 3.63) is 17.5 Å². The van der Waals surface area contributed by atoms with Crippen molar-refractivity contribution in [3.8, 4) is 0 Å². The third-order valence-corrected chi connectivity index (χ3v) is 5.83. The minimum atomic E-state index is -0.0979. The van der Waals surface area contributed by atoms with Crippen LogP contribution in [0.4, 0.5) is 0 Å². The fourth-order valence-corrected chi connectivity index (χ4v) is 4.07. The first-order chi connectivity index (χ1) is 13.2. The van der Waals surface area contributed by atoms with Crippen LogP contribution in [0.1, 0.15) is 67.5 Å². The summed E-state index contributed by atoms with van der Waals surface area (Å²) in [7, 11) is 0. The molecule has 3 fully saturated rings. The molecule has 148 valence electrons. The van der Waals surface area contributed by atoms with Gasteiger partial charge < -0.3 is 14.5 Å². The predicted molar refractivity (Wildman–Crippen MR) is 101 cm³/mol. The lowest BCUT2D eigenvalue weighted by Crippen LogP contribution is -2.45. The molecule has 2 saturated heterocycles. The van der Waals surface area contributed by atoms with Crippen molar-refractivity contribution in [1.82, 2.24) is 19.6 Å². The lowest BCUT2D eigenvalue weighted by molar-refractivity contribution is -0.131. The van der Waals surface area contributed by atoms with Crippen LogP contribution in [0.25, 0.3) is 0 Å². The van der Waals surface area contributed by atoms with E-state index in [4.69, 9.17) is 4.74 Å². The van der Waals surface area contributed by atoms with Gasteiger partial charge in [0.1, 0.15) is 12.2 Å². The average Bonchev–Trinajstić information content (AvgIpc) is 3.12. The molecule has 0 aromatic carbocycles. The Labute approximate surface area is 160 Å². The van der Waals surface area contributed by atoms with Crippen LogP contribution >= 0.6 is 0 Å². The summed E-state index contributed by atoms with van der Waals surface area (Å²) in [6.07, 6.45) is 6.41. The fourth-order valence-electron chi connectivity index (χ4n) is 4.07. The number of carbonyl (C=O) groups is 2. The Hall–Kier alpha value is -1.89. The Balaban J connectivity index is 1.52. The Morgan fingerprint density at radius 2 is 2.00 bits per heavy atom. The van der Waals surface area contributed by atoms with E-state index in [9.17, 15) is 9.59 Å². The molecule has 4 rings (SSSR count). The molecular weight excluding hydrogens is 344 g/mol. The molecule has 1 atom stereocenters. The summed E-state index contributed by atoms with van der Waals surface area (Å²) in [5, 5.41) is 4.63. The molecule has 1 aromatic rings. The quantitative estimate of drug-likeness (QED) is 0.732. The average molecular weight is 374 g/mol. The van der Waals surface area contributed by atoms with Crippen molar-refractivity contribution in [2.75, 3.05) is 32.8 Å². The third-order valence-electron chi connectivity index (χ3n) is 5.83. The first-order valence-electron chi connectivity index (χ1n) is 10.4. The van der Waals surface area contributed by atoms with Crippen molar-refractivity contribution >= 4 is 11.8 Å². The van der Waals surface area contributed by atoms with Gasteiger partial charge in [-0.05, 0) is 51.5 Å². The maximum Gasteiger partial charge on any atom is 0.272 e. The normalized spacial score (nSPS) is 22.4. The van der Waals surface area contributed by atoms with Gasteiger partial charge in [-0.2, -0.15) is 5.10 Å². The third kappa shape index (κ3) is 4.18. The molecule has 7 heteroatoms. The van der Waals surface area contributed by atoms with Crippen molar-refractivity contribution in [2.24, 2.45) is 0 Å². The molecule has 1 aliphatic carbocycles. The second kappa shape index (κ2) is 8.00. The van der Waals surface area contributed by atoms with E-state index in [-0.39, 0.29) is 24.5 Å². The minimum absolute atomic E-state index is 0.0289. The van der Waals surface area contributed by atoms with E-state index in [2.05, 4.69) is 5.10 Å². The van der Waals surface area contributed by atoms with Crippen LogP contribution in [0, 0.1) is 0 Å². The van der Waals surface area contributed by atoms with Crippen LogP contribution < -0.4 is 0 Å². The van der Waals surface area contributed by atoms with Crippen LogP contribution in [0.15, 0.2) is 6.07 Å². The summed E-state index contributed by atoms with van der Waals surface area (Å²) in [4.78, 5) is 29.6. The van der Waals surface area contributed by atoms with Crippen LogP contribution in [-0.2, 0) is 16.1 Å². The van der Waals surface area contributed by atoms with E-state index < -0.39 is 0 Å². The van der Waals surface area contributed by atoms with E-state index in [1.807, 2.05) is 17.9 Å². The molecule has 3 aliphatic rings. The lowest BCUT2D eigenvalue weighted by Gasteiger charge is -2.27. The van der Waals surface area contributed by atoms with Crippen molar-refractivity contribution in [3.63, 3.8) is 0 Å². The zero-order valence-electron chi connectivity index (χ0n) is 16.2. The van der Waals surface area contributed by atoms with Gasteiger partial charge in [0.15, 0.2) is 0 Å². The van der Waals surface area contributed by atoms with Crippen molar-refractivity contribution < 1.29 is 14.3 Å². The Morgan fingerprint density at radius 3 is 2.63 bits per heavy atom. The number of hydrogen-bond acceptors (Lipinski definition) is 4. The summed E-state index contributed by atoms with van der Waals surface area (Å²) in [5.74, 6) is 0.449. The molecule has 0 bridgehead atoms. The first-order valence-corrected chi connectivity index (χ1v) is 10.4. The topological polar surface area (TPSA) is 67.7 Å². The number of likely N-dealkylation sites (tertiary alicyclic amines) is 1. The number of rotatable bonds is 7. The van der Waals surface area contributed by atoms with Gasteiger partial charge in [-0.25, -0.2) is 0 Å². The number of aromatic nitrogens is 2. The summed E-state index contributed by atoms with van der Waals surface area (Å²) < 4.78 is 7.54. The maximum atomic E-state index is 13.4. The van der Waals surface area contributed by atoms with Crippen LogP contribution in [0.3, 0.4) is 0 Å². The summed E-state index contributed by atoms with van der Waals surface area (Å²) in [5.41, 5.74) is 1.62. The standard InChI is InChI=1S/C20H30N4O3/c1-2-24-18(12-17(21-24)15-7-8-15)20(26)23(13-16-6-5-11-27-16)14-19(25)22-9-3-4-10-22/h12,15-16H,2-11,13-14H2,1H3. The van der Waals surface area contributed by atoms with Gasteiger partial charge in [-0.15, -0.1) is 0 Å². The summed E-state index contributed by atoms with van der Waals surface area (Å²) >= 11 is 0. The molecular formula is C20H30N4O3. The number of ether oxygens (including phenoxy) is 1. The molecule has 1 aromatic heterocycles. The predicted octanol–water partition coefficient (Wildman–Crippen LogP) is 2.02. The maximum absolute atomic E-state index is 13.4. The van der Waals surface area contributed by atoms with Gasteiger partial charge in [-0.1, -0.05) is 0 Å². The van der Waals surface area contributed by atoms with Crippen LogP contribution in [-0.4, -0.2) is 70.3 Å². The highest BCUT2D eigenvalue weighted by atomic mass is 16.5. The SMILES string of the molecule is CCn1nc(C2CC2)cc1C(=O)N(CC(=O)N1CCCC1)CC1CCCO1. The molecule has 2 amide bonds. The van der Waals surface area contributed by atoms with Gasteiger partial charge in [0.25, 0.3) is 5.91 Å². The van der Waals surface area contributed by atoms with Gasteiger partial charge in [0.05, 0.1) is 11.8 Å². The zero-order valence-corrected chi connectivity index (χ0v) is 16.2. The van der Waals surface area contributed by atoms with E-state index in [1.54, 1.807) is 9.58 Å². The number of hydrogen-bond donors (Lipinski definition) is 0. The molecule has 27 heavy (non-hydrogen) atoms. The minimum Gasteiger partial charge on any atom is -0.376 e. The van der Waals surface area contributed by atoms with Crippen molar-refractivity contribution in [1.29, 1.82) is 0 Å². The van der Waals surface area contributed by atoms with Crippen molar-refractivity contribution in [2.45, 2.75) is 64.0 Å². The molecule has 0 N–H and O–H groups in total. The molecule has 1 unspecified atom stereocenters. The molecule has 1 saturated carbocycles. The van der Waals surface area contributed by atoms with Crippen LogP contribution in [0.5, 0.6) is 0 Å². The Morgan fingerprint density at radius 1 is 1.22 bits per heavy atom. The van der Waals surface area contributed by atoms with E-state index in [1.165, 1.54) is 0 Å². The van der Waals surface area contributed by atoms with E-state index in [0.29, 0.717) is 24.7 Å². The Kier molecular flexibility index (Phi) is 5.48. The monoisotopic (exact) mass is 374 g/mol.